The molecule has 1 N–H and O–H groups in total. The van der Waals surface area contributed by atoms with Crippen molar-refractivity contribution in [3.8, 4) is 0 Å². The molecule has 2 nitrogen and oxygen atoms in total. The fraction of sp³-hybridized carbons (Fsp3) is 0.619. The van der Waals surface area contributed by atoms with Gasteiger partial charge in [-0.2, -0.15) is 0 Å². The lowest BCUT2D eigenvalue weighted by Gasteiger charge is -2.46. The van der Waals surface area contributed by atoms with E-state index in [0.717, 1.165) is 22.6 Å². The maximum Gasteiger partial charge on any atom is 0.126 e. The molecular formula is C21H32N2SSi. The smallest absolute Gasteiger partial charge is 0.126 e. The van der Waals surface area contributed by atoms with Gasteiger partial charge in [-0.1, -0.05) is 50.3 Å². The second kappa shape index (κ2) is 6.88. The average molecular weight is 373 g/mol. The normalized spacial score (nSPS) is 33.8. The largest absolute Gasteiger partial charge is 0.321 e. The number of thioether (sulfide) groups is 1. The number of hydrogen-bond donors (Lipinski definition) is 1. The lowest BCUT2D eigenvalue weighted by Crippen LogP contribution is -2.60. The van der Waals surface area contributed by atoms with Crippen LogP contribution < -0.4 is 5.32 Å². The quantitative estimate of drug-likeness (QED) is 0.776. The van der Waals surface area contributed by atoms with Crippen molar-refractivity contribution in [1.29, 1.82) is 0 Å². The number of hydrogen-bond acceptors (Lipinski definition) is 3. The second-order valence-electron chi connectivity index (χ2n) is 8.65. The maximum absolute atomic E-state index is 3.54. The molecule has 4 heteroatoms. The van der Waals surface area contributed by atoms with Crippen LogP contribution in [0.25, 0.3) is 5.57 Å². The molecule has 1 saturated carbocycles. The van der Waals surface area contributed by atoms with E-state index in [1.54, 1.807) is 10.5 Å². The van der Waals surface area contributed by atoms with Crippen LogP contribution in [0, 0.1) is 11.8 Å². The van der Waals surface area contributed by atoms with Crippen LogP contribution in [0.5, 0.6) is 0 Å². The Morgan fingerprint density at radius 3 is 2.48 bits per heavy atom. The highest BCUT2D eigenvalue weighted by Crippen LogP contribution is 2.62. The zero-order valence-corrected chi connectivity index (χ0v) is 17.9. The molecule has 0 amide bonds. The zero-order chi connectivity index (χ0) is 17.6. The summed E-state index contributed by atoms with van der Waals surface area (Å²) in [6.07, 6.45) is 1.38. The van der Waals surface area contributed by atoms with Crippen molar-refractivity contribution in [3.05, 3.63) is 40.8 Å². The lowest BCUT2D eigenvalue weighted by molar-refractivity contribution is 0.347. The Labute approximate surface area is 158 Å². The summed E-state index contributed by atoms with van der Waals surface area (Å²) in [5.41, 5.74) is 4.03. The van der Waals surface area contributed by atoms with Crippen molar-refractivity contribution in [2.75, 3.05) is 26.2 Å². The van der Waals surface area contributed by atoms with Gasteiger partial charge < -0.3 is 9.88 Å². The summed E-state index contributed by atoms with van der Waals surface area (Å²) >= 11 is 2.21. The van der Waals surface area contributed by atoms with Gasteiger partial charge in [-0.15, -0.1) is 11.8 Å². The Morgan fingerprint density at radius 2 is 1.80 bits per heavy atom. The van der Waals surface area contributed by atoms with E-state index < -0.39 is 8.24 Å². The first-order valence-corrected chi connectivity index (χ1v) is 13.8. The lowest BCUT2D eigenvalue weighted by atomic mass is 9.90. The second-order valence-corrected chi connectivity index (χ2v) is 14.7. The third-order valence-corrected chi connectivity index (χ3v) is 13.2. The van der Waals surface area contributed by atoms with E-state index in [4.69, 9.17) is 0 Å². The molecule has 4 unspecified atom stereocenters. The molecule has 1 aromatic rings. The number of nitrogens with zero attached hydrogens (tertiary/aromatic N) is 1. The molecule has 3 aliphatic rings. The van der Waals surface area contributed by atoms with E-state index in [0.29, 0.717) is 0 Å². The van der Waals surface area contributed by atoms with Gasteiger partial charge in [0.1, 0.15) is 8.24 Å². The Kier molecular flexibility index (Phi) is 4.91. The monoisotopic (exact) mass is 372 g/mol. The van der Waals surface area contributed by atoms with Crippen LogP contribution in [0.2, 0.25) is 18.6 Å². The first-order chi connectivity index (χ1) is 12.0. The van der Waals surface area contributed by atoms with Crippen molar-refractivity contribution in [2.45, 2.75) is 44.2 Å². The van der Waals surface area contributed by atoms with Crippen molar-refractivity contribution in [2.24, 2.45) is 11.8 Å². The molecule has 1 saturated heterocycles. The minimum absolute atomic E-state index is 0.766. The van der Waals surface area contributed by atoms with Crippen LogP contribution in [0.3, 0.4) is 0 Å². The van der Waals surface area contributed by atoms with E-state index in [9.17, 15) is 0 Å². The van der Waals surface area contributed by atoms with Crippen LogP contribution in [0.1, 0.15) is 25.8 Å². The van der Waals surface area contributed by atoms with Crippen molar-refractivity contribution < 1.29 is 0 Å². The number of benzene rings is 1. The Bertz CT molecular complexity index is 651. The molecule has 2 fully saturated rings. The average Bonchev–Trinajstić information content (AvgIpc) is 3.09. The van der Waals surface area contributed by atoms with Gasteiger partial charge in [-0.25, -0.2) is 0 Å². The van der Waals surface area contributed by atoms with Crippen LogP contribution in [0.4, 0.5) is 0 Å². The molecule has 1 aromatic carbocycles. The van der Waals surface area contributed by atoms with E-state index in [1.165, 1.54) is 38.2 Å². The summed E-state index contributed by atoms with van der Waals surface area (Å²) in [5, 5.41) is 4.34. The number of nitrogens with one attached hydrogen (secondary N) is 1. The SMILES string of the molecule is CC1=C(c2ccccc2)C2CC(C)C([Si](C)(C)N3CCNCC3)C2S1. The molecular weight excluding hydrogens is 340 g/mol. The summed E-state index contributed by atoms with van der Waals surface area (Å²) < 4.78 is 2.89. The molecule has 1 aliphatic carbocycles. The Hall–Kier alpha value is -0.553. The van der Waals surface area contributed by atoms with Gasteiger partial charge in [-0.05, 0) is 46.8 Å². The van der Waals surface area contributed by atoms with Gasteiger partial charge in [0.2, 0.25) is 0 Å². The van der Waals surface area contributed by atoms with Crippen molar-refractivity contribution in [3.63, 3.8) is 0 Å². The standard InChI is InChI=1S/C21H32N2SSi/c1-15-14-18-19(17-8-6-5-7-9-17)16(2)24-20(18)21(15)25(3,4)23-12-10-22-11-13-23/h5-9,15,18,20-22H,10-14H2,1-4H3. The molecule has 25 heavy (non-hydrogen) atoms. The highest BCUT2D eigenvalue weighted by molar-refractivity contribution is 8.04. The Morgan fingerprint density at radius 1 is 1.12 bits per heavy atom. The van der Waals surface area contributed by atoms with Crippen LogP contribution in [-0.4, -0.2) is 44.2 Å². The maximum atomic E-state index is 3.54. The molecule has 0 aromatic heterocycles. The fourth-order valence-corrected chi connectivity index (χ4v) is 13.0. The molecule has 2 heterocycles. The number of allylic oxidation sites excluding steroid dienone is 2. The van der Waals surface area contributed by atoms with Crippen LogP contribution >= 0.6 is 11.8 Å². The van der Waals surface area contributed by atoms with E-state index in [2.05, 4.69) is 78.9 Å². The summed E-state index contributed by atoms with van der Waals surface area (Å²) in [4.78, 5) is 1.59. The number of piperazine rings is 1. The first-order valence-electron chi connectivity index (χ1n) is 9.88. The van der Waals surface area contributed by atoms with Crippen molar-refractivity contribution in [1.82, 2.24) is 9.88 Å². The summed E-state index contributed by atoms with van der Waals surface area (Å²) in [6.45, 7) is 15.1. The number of rotatable bonds is 3. The van der Waals surface area contributed by atoms with E-state index >= 15 is 0 Å². The van der Waals surface area contributed by atoms with Crippen LogP contribution in [-0.2, 0) is 0 Å². The van der Waals surface area contributed by atoms with Gasteiger partial charge in [-0.3, -0.25) is 0 Å². The highest BCUT2D eigenvalue weighted by atomic mass is 32.2. The summed E-state index contributed by atoms with van der Waals surface area (Å²) in [5.74, 6) is 1.62. The van der Waals surface area contributed by atoms with Gasteiger partial charge in [0.15, 0.2) is 0 Å². The fourth-order valence-electron chi connectivity index (χ4n) is 5.81. The van der Waals surface area contributed by atoms with Gasteiger partial charge >= 0.3 is 0 Å². The predicted molar refractivity (Wildman–Crippen MR) is 113 cm³/mol. The van der Waals surface area contributed by atoms with E-state index in [1.807, 2.05) is 0 Å². The molecule has 0 radical (unpaired) electrons. The van der Waals surface area contributed by atoms with Gasteiger partial charge in [0.05, 0.1) is 0 Å². The minimum atomic E-state index is -1.43. The summed E-state index contributed by atoms with van der Waals surface area (Å²) in [6, 6.07) is 11.2. The molecule has 0 spiro atoms. The van der Waals surface area contributed by atoms with Crippen LogP contribution in [0.15, 0.2) is 35.2 Å². The third kappa shape index (κ3) is 3.05. The molecule has 4 atom stereocenters. The van der Waals surface area contributed by atoms with Gasteiger partial charge in [0, 0.05) is 31.4 Å². The predicted octanol–water partition coefficient (Wildman–Crippen LogP) is 4.67. The topological polar surface area (TPSA) is 15.3 Å². The van der Waals surface area contributed by atoms with E-state index in [-0.39, 0.29) is 0 Å². The minimum Gasteiger partial charge on any atom is -0.321 e. The first kappa shape index (κ1) is 17.8. The van der Waals surface area contributed by atoms with Gasteiger partial charge in [0.25, 0.3) is 0 Å². The van der Waals surface area contributed by atoms with Crippen molar-refractivity contribution >= 4 is 25.6 Å². The third-order valence-electron chi connectivity index (χ3n) is 6.88. The number of fused-ring (bicyclic) bond motifs is 1. The molecule has 2 aliphatic heterocycles. The Balaban J connectivity index is 1.62. The molecule has 0 bridgehead atoms. The molecule has 136 valence electrons. The molecule has 4 rings (SSSR count). The highest BCUT2D eigenvalue weighted by Gasteiger charge is 2.55. The summed E-state index contributed by atoms with van der Waals surface area (Å²) in [7, 11) is -1.43. The zero-order valence-electron chi connectivity index (χ0n) is 16.1.